The molecule has 0 saturated heterocycles. The molecule has 5 heteroatoms. The van der Waals surface area contributed by atoms with E-state index in [-0.39, 0.29) is 66.2 Å². The van der Waals surface area contributed by atoms with Gasteiger partial charge in [0, 0.05) is 0 Å². The predicted octanol–water partition coefficient (Wildman–Crippen LogP) is -1.03. The van der Waals surface area contributed by atoms with Crippen LogP contribution in [0.25, 0.3) is 0 Å². The normalized spacial score (nSPS) is 3.86. The molecule has 0 N–H and O–H groups in total. The van der Waals surface area contributed by atoms with Crippen LogP contribution in [-0.4, -0.2) is 7.54 Å². The Kier molecular flexibility index (Phi) is 52.8. The molecule has 0 saturated carbocycles. The summed E-state index contributed by atoms with van der Waals surface area (Å²) in [6.45, 7) is 0. The molecule has 0 fully saturated rings. The molecule has 0 aromatic rings. The number of hydrogen-bond acceptors (Lipinski definition) is 0. The summed E-state index contributed by atoms with van der Waals surface area (Å²) < 4.78 is 29.0. The van der Waals surface area contributed by atoms with Crippen LogP contribution in [0.1, 0.15) is 7.43 Å². The summed E-state index contributed by atoms with van der Waals surface area (Å²) in [7, 11) is -3.67. The minimum Gasteiger partial charge on any atom is -0.358 e. The Morgan fingerprint density at radius 3 is 1.00 bits per heavy atom. The maximum Gasteiger partial charge on any atom is 1.00 e. The summed E-state index contributed by atoms with van der Waals surface area (Å²) in [6.07, 6.45) is 0. The number of hydrogen-bond donors (Lipinski definition) is 0. The van der Waals surface area contributed by atoms with Crippen molar-refractivity contribution in [3.8, 4) is 0 Å². The van der Waals surface area contributed by atoms with Crippen LogP contribution >= 0.6 is 0 Å². The van der Waals surface area contributed by atoms with E-state index in [1.165, 1.54) is 0 Å². The Labute approximate surface area is 85.5 Å². The zero-order valence-corrected chi connectivity index (χ0v) is 6.83. The fourth-order valence-electron chi connectivity index (χ4n) is 0. The van der Waals surface area contributed by atoms with Gasteiger partial charge in [-0.15, -0.1) is 0 Å². The minimum atomic E-state index is -3.67. The molecule has 0 spiro atoms. The molecule has 0 aliphatic rings. The molecule has 40 valence electrons. The van der Waals surface area contributed by atoms with E-state index in [2.05, 4.69) is 0 Å². The third-order valence-electron chi connectivity index (χ3n) is 0. The van der Waals surface area contributed by atoms with Crippen molar-refractivity contribution in [2.24, 2.45) is 0 Å². The molecule has 0 amide bonds. The first-order valence-electron chi connectivity index (χ1n) is 0.655. The molecule has 0 atom stereocenters. The molecule has 0 aromatic carbocycles. The Morgan fingerprint density at radius 2 is 1.00 bits per heavy atom. The Hall–Kier alpha value is 1.49. The van der Waals surface area contributed by atoms with Gasteiger partial charge in [0.05, 0.1) is 0 Å². The van der Waals surface area contributed by atoms with E-state index in [1.54, 1.807) is 0 Å². The molecular weight excluding hydrogens is 131 g/mol. The van der Waals surface area contributed by atoms with Crippen LogP contribution in [-0.2, 0) is 0 Å². The third kappa shape index (κ3) is 102. The van der Waals surface area contributed by atoms with Crippen molar-refractivity contribution in [3.05, 3.63) is 7.43 Å². The van der Waals surface area contributed by atoms with E-state index in [4.69, 9.17) is 0 Å². The Bertz CT molecular complexity index is 17.7. The van der Waals surface area contributed by atoms with Gasteiger partial charge < -0.3 is 7.43 Å². The molecule has 0 unspecified atom stereocenters. The van der Waals surface area contributed by atoms with Crippen molar-refractivity contribution < 1.29 is 64.3 Å². The number of rotatable bonds is 0. The first-order valence-corrected chi connectivity index (χ1v) is 0.655. The fraction of sp³-hybridized carbons (Fsp3) is 0.500. The van der Waals surface area contributed by atoms with Crippen molar-refractivity contribution in [1.29, 1.82) is 0 Å². The van der Waals surface area contributed by atoms with Crippen molar-refractivity contribution in [3.63, 3.8) is 0 Å². The second kappa shape index (κ2) is 15.6. The van der Waals surface area contributed by atoms with Gasteiger partial charge in [0.15, 0.2) is 0 Å². The topological polar surface area (TPSA) is 0 Å². The van der Waals surface area contributed by atoms with Crippen LogP contribution in [0.15, 0.2) is 0 Å². The van der Waals surface area contributed by atoms with Crippen LogP contribution in [0.4, 0.5) is 12.9 Å². The van der Waals surface area contributed by atoms with E-state index in [0.717, 1.165) is 0 Å². The average molecular weight is 138 g/mol. The van der Waals surface area contributed by atoms with E-state index >= 15 is 0 Å². The second-order valence-electron chi connectivity index (χ2n) is 0.247. The van der Waals surface area contributed by atoms with E-state index in [0.29, 0.717) is 0 Å². The molecule has 0 aliphatic carbocycles. The maximum absolute atomic E-state index is 9.67. The van der Waals surface area contributed by atoms with Gasteiger partial charge in [-0.2, -0.15) is 0 Å². The Morgan fingerprint density at radius 1 is 1.00 bits per heavy atom. The molecule has 0 radical (unpaired) electrons. The minimum absolute atomic E-state index is 0. The second-order valence-corrected chi connectivity index (χ2v) is 0.247. The van der Waals surface area contributed by atoms with Crippen LogP contribution in [0.2, 0.25) is 0 Å². The predicted molar refractivity (Wildman–Crippen MR) is 22.2 cm³/mol. The van der Waals surface area contributed by atoms with Crippen molar-refractivity contribution >= 4 is 7.54 Å². The van der Waals surface area contributed by atoms with E-state index in [1.807, 2.05) is 0 Å². The number of halogens is 3. The van der Waals surface area contributed by atoms with Crippen LogP contribution < -0.4 is 51.4 Å². The average Bonchev–Trinajstić information content (AvgIpc) is 0.811. The van der Waals surface area contributed by atoms with Gasteiger partial charge in [-0.25, -0.2) is 0 Å². The van der Waals surface area contributed by atoms with Gasteiger partial charge in [0.1, 0.15) is 0 Å². The molecule has 0 aliphatic heterocycles. The summed E-state index contributed by atoms with van der Waals surface area (Å²) in [5, 5.41) is 0. The van der Waals surface area contributed by atoms with Gasteiger partial charge in [0.2, 0.25) is 0 Å². The van der Waals surface area contributed by atoms with Crippen LogP contribution in [0.5, 0.6) is 0 Å². The first kappa shape index (κ1) is 23.6. The molecule has 0 bridgehead atoms. The van der Waals surface area contributed by atoms with Crippen molar-refractivity contribution in [1.82, 2.24) is 0 Å². The van der Waals surface area contributed by atoms with E-state index < -0.39 is 7.54 Å². The molecule has 0 rings (SSSR count). The fourth-order valence-corrected chi connectivity index (χ4v) is 0. The standard InChI is InChI=1S/CH4.CH3.BF3.K/c;;2-1(3)4;/h1H4;1H3;;/q;-1;;+1. The molecule has 0 heterocycles. The molecule has 0 nitrogen and oxygen atoms in total. The summed E-state index contributed by atoms with van der Waals surface area (Å²) in [5.74, 6) is 0. The first-order chi connectivity index (χ1) is 1.73. The summed E-state index contributed by atoms with van der Waals surface area (Å²) in [6, 6.07) is 0. The third-order valence-corrected chi connectivity index (χ3v) is 0. The SMILES string of the molecule is C.FB(F)F.[CH3-].[K+]. The monoisotopic (exact) mass is 138 g/mol. The zero-order valence-electron chi connectivity index (χ0n) is 3.71. The molecule has 0 aromatic heterocycles. The van der Waals surface area contributed by atoms with Crippen molar-refractivity contribution in [2.75, 3.05) is 0 Å². The quantitative estimate of drug-likeness (QED) is 0.296. The van der Waals surface area contributed by atoms with Gasteiger partial charge in [-0.3, -0.25) is 12.9 Å². The van der Waals surface area contributed by atoms with Crippen LogP contribution in [0.3, 0.4) is 0 Å². The smallest absolute Gasteiger partial charge is 0.358 e. The van der Waals surface area contributed by atoms with Gasteiger partial charge in [-0.1, -0.05) is 7.43 Å². The molecular formula is C2H7BF3K. The Balaban J connectivity index is -0.0000000150. The summed E-state index contributed by atoms with van der Waals surface area (Å²) >= 11 is 0. The van der Waals surface area contributed by atoms with Gasteiger partial charge in [-0.05, 0) is 0 Å². The zero-order chi connectivity index (χ0) is 3.58. The largest absolute Gasteiger partial charge is 1.00 e. The van der Waals surface area contributed by atoms with Gasteiger partial charge in [0.25, 0.3) is 0 Å². The van der Waals surface area contributed by atoms with Crippen LogP contribution in [0, 0.1) is 7.43 Å². The van der Waals surface area contributed by atoms with E-state index in [9.17, 15) is 12.9 Å². The van der Waals surface area contributed by atoms with Gasteiger partial charge >= 0.3 is 58.9 Å². The summed E-state index contributed by atoms with van der Waals surface area (Å²) in [5.41, 5.74) is 0. The van der Waals surface area contributed by atoms with Crippen molar-refractivity contribution in [2.45, 2.75) is 7.43 Å². The summed E-state index contributed by atoms with van der Waals surface area (Å²) in [4.78, 5) is 0. The maximum atomic E-state index is 9.67. The molecule has 7 heavy (non-hydrogen) atoms.